The molecule has 0 amide bonds. The van der Waals surface area contributed by atoms with Gasteiger partial charge in [0.15, 0.2) is 5.75 Å². The first kappa shape index (κ1) is 8.73. The van der Waals surface area contributed by atoms with Crippen molar-refractivity contribution in [1.29, 1.82) is 0 Å². The summed E-state index contributed by atoms with van der Waals surface area (Å²) in [5.41, 5.74) is 1.63. The molecule has 0 radical (unpaired) electrons. The van der Waals surface area contributed by atoms with Crippen molar-refractivity contribution in [2.75, 3.05) is 5.32 Å². The van der Waals surface area contributed by atoms with Crippen LogP contribution in [0.25, 0.3) is 0 Å². The van der Waals surface area contributed by atoms with E-state index in [1.54, 1.807) is 18.5 Å². The van der Waals surface area contributed by atoms with E-state index in [9.17, 15) is 0 Å². The highest BCUT2D eigenvalue weighted by Crippen LogP contribution is 2.41. The molecule has 0 saturated carbocycles. The summed E-state index contributed by atoms with van der Waals surface area (Å²) in [4.78, 5) is 0. The Labute approximate surface area is 86.1 Å². The van der Waals surface area contributed by atoms with Crippen LogP contribution >= 0.6 is 23.2 Å². The van der Waals surface area contributed by atoms with Crippen LogP contribution in [0.4, 0.5) is 5.69 Å². The van der Waals surface area contributed by atoms with Crippen molar-refractivity contribution in [3.63, 3.8) is 0 Å². The van der Waals surface area contributed by atoms with E-state index in [1.165, 1.54) is 0 Å². The first-order valence-electron chi connectivity index (χ1n) is 3.77. The van der Waals surface area contributed by atoms with Gasteiger partial charge in [0, 0.05) is 11.2 Å². The average molecular weight is 216 g/mol. The maximum atomic E-state index is 6.03. The lowest BCUT2D eigenvalue weighted by molar-refractivity contribution is 0.477. The van der Waals surface area contributed by atoms with Crippen molar-refractivity contribution in [1.82, 2.24) is 0 Å². The molecule has 4 heteroatoms. The normalized spacial score (nSPS) is 13.2. The molecule has 0 saturated heterocycles. The van der Waals surface area contributed by atoms with Gasteiger partial charge in [0.05, 0.1) is 10.7 Å². The number of rotatable bonds is 0. The van der Waals surface area contributed by atoms with E-state index in [4.69, 9.17) is 27.9 Å². The Morgan fingerprint density at radius 2 is 2.15 bits per heavy atom. The number of nitrogens with one attached hydrogen (secondary N) is 1. The molecule has 1 aromatic rings. The Bertz CT molecular complexity index is 388. The molecule has 0 aliphatic carbocycles. The van der Waals surface area contributed by atoms with Gasteiger partial charge in [-0.2, -0.15) is 0 Å². The van der Waals surface area contributed by atoms with E-state index >= 15 is 0 Å². The van der Waals surface area contributed by atoms with Crippen molar-refractivity contribution >= 4 is 28.9 Å². The lowest BCUT2D eigenvalue weighted by Crippen LogP contribution is -2.00. The topological polar surface area (TPSA) is 21.3 Å². The molecule has 0 atom stereocenters. The van der Waals surface area contributed by atoms with Crippen LogP contribution in [0.15, 0.2) is 18.5 Å². The van der Waals surface area contributed by atoms with Crippen molar-refractivity contribution in [2.45, 2.75) is 6.92 Å². The van der Waals surface area contributed by atoms with Crippen LogP contribution in [-0.2, 0) is 0 Å². The van der Waals surface area contributed by atoms with E-state index in [2.05, 4.69) is 5.32 Å². The molecule has 0 unspecified atom stereocenters. The van der Waals surface area contributed by atoms with Gasteiger partial charge in [0.1, 0.15) is 6.26 Å². The summed E-state index contributed by atoms with van der Waals surface area (Å²) in [5, 5.41) is 4.19. The van der Waals surface area contributed by atoms with Gasteiger partial charge in [0.2, 0.25) is 0 Å². The fraction of sp³-hybridized carbons (Fsp3) is 0.111. The molecule has 0 aromatic heterocycles. The standard InChI is InChI=1S/C9H7Cl2NO/c1-5-6(10)4-7-9(8(5)11)13-3-2-12-7/h2-4,12H,1H3. The van der Waals surface area contributed by atoms with Gasteiger partial charge in [0.25, 0.3) is 0 Å². The number of fused-ring (bicyclic) bond motifs is 1. The first-order valence-corrected chi connectivity index (χ1v) is 4.52. The van der Waals surface area contributed by atoms with Crippen molar-refractivity contribution in [3.05, 3.63) is 34.1 Å². The predicted molar refractivity (Wildman–Crippen MR) is 54.6 cm³/mol. The van der Waals surface area contributed by atoms with Gasteiger partial charge in [-0.1, -0.05) is 23.2 Å². The molecule has 1 aliphatic rings. The largest absolute Gasteiger partial charge is 0.460 e. The van der Waals surface area contributed by atoms with Gasteiger partial charge >= 0.3 is 0 Å². The maximum Gasteiger partial charge on any atom is 0.168 e. The molecule has 0 bridgehead atoms. The smallest absolute Gasteiger partial charge is 0.168 e. The van der Waals surface area contributed by atoms with E-state index in [1.807, 2.05) is 6.92 Å². The lowest BCUT2D eigenvalue weighted by atomic mass is 10.2. The summed E-state index contributed by atoms with van der Waals surface area (Å²) < 4.78 is 5.26. The Kier molecular flexibility index (Phi) is 2.10. The zero-order chi connectivity index (χ0) is 9.42. The molecule has 68 valence electrons. The van der Waals surface area contributed by atoms with Crippen molar-refractivity contribution in [2.24, 2.45) is 0 Å². The lowest BCUT2D eigenvalue weighted by Gasteiger charge is -2.16. The molecule has 1 aromatic carbocycles. The van der Waals surface area contributed by atoms with Crippen LogP contribution in [0.5, 0.6) is 5.75 Å². The average Bonchev–Trinajstić information content (AvgIpc) is 2.15. The highest BCUT2D eigenvalue weighted by atomic mass is 35.5. The number of hydrogen-bond acceptors (Lipinski definition) is 2. The molecule has 2 nitrogen and oxygen atoms in total. The molecule has 13 heavy (non-hydrogen) atoms. The third kappa shape index (κ3) is 1.36. The molecule has 0 fully saturated rings. The van der Waals surface area contributed by atoms with E-state index in [-0.39, 0.29) is 0 Å². The number of ether oxygens (including phenoxy) is 1. The third-order valence-corrected chi connectivity index (χ3v) is 2.74. The minimum atomic E-state index is 0.555. The summed E-state index contributed by atoms with van der Waals surface area (Å²) in [5.74, 6) is 0.631. The summed E-state index contributed by atoms with van der Waals surface area (Å²) in [6.45, 7) is 1.85. The van der Waals surface area contributed by atoms with Crippen LogP contribution in [0, 0.1) is 6.92 Å². The van der Waals surface area contributed by atoms with Crippen LogP contribution in [0.2, 0.25) is 10.0 Å². The minimum absolute atomic E-state index is 0.555. The van der Waals surface area contributed by atoms with Gasteiger partial charge in [-0.25, -0.2) is 0 Å². The second-order valence-electron chi connectivity index (χ2n) is 2.74. The molecule has 1 N–H and O–H groups in total. The Morgan fingerprint density at radius 3 is 2.92 bits per heavy atom. The van der Waals surface area contributed by atoms with Gasteiger partial charge < -0.3 is 10.1 Å². The summed E-state index contributed by atoms with van der Waals surface area (Å²) in [6.07, 6.45) is 3.23. The van der Waals surface area contributed by atoms with E-state index in [0.29, 0.717) is 15.8 Å². The fourth-order valence-corrected chi connectivity index (χ4v) is 1.64. The molecule has 1 aliphatic heterocycles. The SMILES string of the molecule is Cc1c(Cl)cc2c(c1Cl)OC=CN2. The third-order valence-electron chi connectivity index (χ3n) is 1.90. The second-order valence-corrected chi connectivity index (χ2v) is 3.52. The summed E-state index contributed by atoms with van der Waals surface area (Å²) in [7, 11) is 0. The maximum absolute atomic E-state index is 6.03. The number of benzene rings is 1. The minimum Gasteiger partial charge on any atom is -0.460 e. The zero-order valence-electron chi connectivity index (χ0n) is 6.90. The second kappa shape index (κ2) is 3.13. The molecule has 2 rings (SSSR count). The van der Waals surface area contributed by atoms with Crippen LogP contribution in [0.1, 0.15) is 5.56 Å². The molecular formula is C9H7Cl2NO. The van der Waals surface area contributed by atoms with Gasteiger partial charge in [-0.15, -0.1) is 0 Å². The van der Waals surface area contributed by atoms with Crippen LogP contribution in [0.3, 0.4) is 0 Å². The van der Waals surface area contributed by atoms with Crippen molar-refractivity contribution < 1.29 is 4.74 Å². The van der Waals surface area contributed by atoms with Crippen LogP contribution in [-0.4, -0.2) is 0 Å². The van der Waals surface area contributed by atoms with Crippen molar-refractivity contribution in [3.8, 4) is 5.75 Å². The fourth-order valence-electron chi connectivity index (χ4n) is 1.14. The first-order chi connectivity index (χ1) is 6.20. The van der Waals surface area contributed by atoms with Gasteiger partial charge in [-0.05, 0) is 18.6 Å². The Balaban J connectivity index is 2.64. The number of hydrogen-bond donors (Lipinski definition) is 1. The zero-order valence-corrected chi connectivity index (χ0v) is 8.41. The predicted octanol–water partition coefficient (Wildman–Crippen LogP) is 3.58. The van der Waals surface area contributed by atoms with Crippen LogP contribution < -0.4 is 10.1 Å². The Morgan fingerprint density at radius 1 is 1.38 bits per heavy atom. The van der Waals surface area contributed by atoms with E-state index < -0.39 is 0 Å². The summed E-state index contributed by atoms with van der Waals surface area (Å²) in [6, 6.07) is 1.79. The van der Waals surface area contributed by atoms with Gasteiger partial charge in [-0.3, -0.25) is 0 Å². The Hall–Kier alpha value is -0.860. The molecular weight excluding hydrogens is 209 g/mol. The number of anilines is 1. The highest BCUT2D eigenvalue weighted by molar-refractivity contribution is 6.37. The molecule has 0 spiro atoms. The number of halogens is 2. The monoisotopic (exact) mass is 215 g/mol. The summed E-state index contributed by atoms with van der Waals surface area (Å²) >= 11 is 12.0. The quantitative estimate of drug-likeness (QED) is 0.715. The highest BCUT2D eigenvalue weighted by Gasteiger charge is 2.15. The van der Waals surface area contributed by atoms with E-state index in [0.717, 1.165) is 11.3 Å². The molecule has 1 heterocycles.